The molecule has 1 atom stereocenters. The summed E-state index contributed by atoms with van der Waals surface area (Å²) in [5.74, 6) is 3.39. The first-order chi connectivity index (χ1) is 17.5. The average Bonchev–Trinajstić information content (AvgIpc) is 3.13. The zero-order valence-electron chi connectivity index (χ0n) is 21.8. The van der Waals surface area contributed by atoms with Gasteiger partial charge in [-0.1, -0.05) is 26.0 Å². The lowest BCUT2D eigenvalue weighted by molar-refractivity contribution is -0.151. The molecule has 4 rings (SSSR count). The normalized spacial score (nSPS) is 18.0. The fourth-order valence-corrected chi connectivity index (χ4v) is 4.71. The van der Waals surface area contributed by atoms with Gasteiger partial charge in [0, 0.05) is 39.1 Å². The van der Waals surface area contributed by atoms with Crippen molar-refractivity contribution in [1.82, 2.24) is 9.80 Å². The Morgan fingerprint density at radius 1 is 1.06 bits per heavy atom. The van der Waals surface area contributed by atoms with E-state index >= 15 is 0 Å². The standard InChI is InChI=1S/C28H38N2O6/c1-20(2)16-30(17-21-9-10-25-26(15-21)35-13-6-12-34-25)28(31)27-19-29(11-14-36-27)18-22-23(32-3)7-5-8-24(22)33-4/h5,7-10,15,20,27H,6,11-14,16-19H2,1-4H3. The highest BCUT2D eigenvalue weighted by Gasteiger charge is 2.31. The molecule has 2 aromatic rings. The van der Waals surface area contributed by atoms with Crippen molar-refractivity contribution in [3.63, 3.8) is 0 Å². The first-order valence-corrected chi connectivity index (χ1v) is 12.7. The van der Waals surface area contributed by atoms with E-state index < -0.39 is 6.10 Å². The highest BCUT2D eigenvalue weighted by Crippen LogP contribution is 2.32. The summed E-state index contributed by atoms with van der Waals surface area (Å²) in [6.07, 6.45) is 0.330. The summed E-state index contributed by atoms with van der Waals surface area (Å²) in [5.41, 5.74) is 1.99. The number of fused-ring (bicyclic) bond motifs is 1. The predicted molar refractivity (Wildman–Crippen MR) is 137 cm³/mol. The van der Waals surface area contributed by atoms with Crippen LogP contribution in [0.3, 0.4) is 0 Å². The fraction of sp³-hybridized carbons (Fsp3) is 0.536. The van der Waals surface area contributed by atoms with Crippen LogP contribution in [0.25, 0.3) is 0 Å². The monoisotopic (exact) mass is 498 g/mol. The van der Waals surface area contributed by atoms with Crippen LogP contribution in [0.5, 0.6) is 23.0 Å². The predicted octanol–water partition coefficient (Wildman–Crippen LogP) is 3.75. The van der Waals surface area contributed by atoms with Crippen LogP contribution in [-0.2, 0) is 22.6 Å². The molecule has 0 N–H and O–H groups in total. The zero-order valence-corrected chi connectivity index (χ0v) is 21.8. The largest absolute Gasteiger partial charge is 0.496 e. The molecular weight excluding hydrogens is 460 g/mol. The summed E-state index contributed by atoms with van der Waals surface area (Å²) in [7, 11) is 3.32. The Kier molecular flexibility index (Phi) is 8.93. The van der Waals surface area contributed by atoms with Crippen LogP contribution in [0.2, 0.25) is 0 Å². The van der Waals surface area contributed by atoms with E-state index in [1.54, 1.807) is 14.2 Å². The van der Waals surface area contributed by atoms with E-state index in [0.29, 0.717) is 51.9 Å². The van der Waals surface area contributed by atoms with Crippen LogP contribution in [0.4, 0.5) is 0 Å². The highest BCUT2D eigenvalue weighted by atomic mass is 16.5. The Morgan fingerprint density at radius 2 is 1.78 bits per heavy atom. The number of rotatable bonds is 9. The quantitative estimate of drug-likeness (QED) is 0.522. The smallest absolute Gasteiger partial charge is 0.253 e. The number of nitrogens with zero attached hydrogens (tertiary/aromatic N) is 2. The van der Waals surface area contributed by atoms with E-state index in [9.17, 15) is 4.79 Å². The molecule has 1 saturated heterocycles. The SMILES string of the molecule is COc1cccc(OC)c1CN1CCOC(C(=O)N(Cc2ccc3c(c2)OCCCO3)CC(C)C)C1. The third kappa shape index (κ3) is 6.42. The maximum absolute atomic E-state index is 13.7. The van der Waals surface area contributed by atoms with E-state index in [4.69, 9.17) is 23.7 Å². The minimum atomic E-state index is -0.529. The van der Waals surface area contributed by atoms with Gasteiger partial charge in [0.15, 0.2) is 11.5 Å². The average molecular weight is 499 g/mol. The van der Waals surface area contributed by atoms with Crippen molar-refractivity contribution in [3.8, 4) is 23.0 Å². The zero-order chi connectivity index (χ0) is 25.5. The van der Waals surface area contributed by atoms with Gasteiger partial charge in [0.1, 0.15) is 17.6 Å². The molecule has 196 valence electrons. The Hall–Kier alpha value is -2.97. The molecule has 0 saturated carbocycles. The molecule has 0 aromatic heterocycles. The van der Waals surface area contributed by atoms with Crippen molar-refractivity contribution in [2.24, 2.45) is 5.92 Å². The molecule has 1 fully saturated rings. The van der Waals surface area contributed by atoms with E-state index in [1.807, 2.05) is 41.3 Å². The molecule has 2 aliphatic rings. The first-order valence-electron chi connectivity index (χ1n) is 12.7. The number of hydrogen-bond acceptors (Lipinski definition) is 7. The lowest BCUT2D eigenvalue weighted by atomic mass is 10.1. The van der Waals surface area contributed by atoms with Crippen molar-refractivity contribution in [2.75, 3.05) is 53.7 Å². The summed E-state index contributed by atoms with van der Waals surface area (Å²) in [6, 6.07) is 11.7. The van der Waals surface area contributed by atoms with Crippen molar-refractivity contribution in [2.45, 2.75) is 39.5 Å². The van der Waals surface area contributed by atoms with Gasteiger partial charge in [-0.15, -0.1) is 0 Å². The molecule has 8 heteroatoms. The van der Waals surface area contributed by atoms with Crippen LogP contribution in [0.15, 0.2) is 36.4 Å². The number of hydrogen-bond donors (Lipinski definition) is 0. The molecule has 2 heterocycles. The Morgan fingerprint density at radius 3 is 2.47 bits per heavy atom. The molecule has 0 bridgehead atoms. The number of methoxy groups -OCH3 is 2. The fourth-order valence-electron chi connectivity index (χ4n) is 4.71. The first kappa shape index (κ1) is 26.1. The number of benzene rings is 2. The molecule has 0 radical (unpaired) electrons. The highest BCUT2D eigenvalue weighted by molar-refractivity contribution is 5.81. The lowest BCUT2D eigenvalue weighted by Gasteiger charge is -2.36. The maximum atomic E-state index is 13.7. The molecular formula is C28H38N2O6. The van der Waals surface area contributed by atoms with Crippen molar-refractivity contribution >= 4 is 5.91 Å². The minimum absolute atomic E-state index is 0.00695. The summed E-state index contributed by atoms with van der Waals surface area (Å²) >= 11 is 0. The number of amides is 1. The summed E-state index contributed by atoms with van der Waals surface area (Å²) in [4.78, 5) is 17.8. The van der Waals surface area contributed by atoms with Gasteiger partial charge >= 0.3 is 0 Å². The van der Waals surface area contributed by atoms with Gasteiger partial charge < -0.3 is 28.6 Å². The Bertz CT molecular complexity index is 1000. The number of carbonyl (C=O) groups is 1. The second-order valence-corrected chi connectivity index (χ2v) is 9.68. The van der Waals surface area contributed by atoms with Gasteiger partial charge in [0.05, 0.1) is 39.6 Å². The molecule has 36 heavy (non-hydrogen) atoms. The Labute approximate surface area is 214 Å². The van der Waals surface area contributed by atoms with Crippen molar-refractivity contribution in [1.29, 1.82) is 0 Å². The molecule has 2 aliphatic heterocycles. The molecule has 8 nitrogen and oxygen atoms in total. The minimum Gasteiger partial charge on any atom is -0.496 e. The molecule has 2 aromatic carbocycles. The van der Waals surface area contributed by atoms with Gasteiger partial charge in [0.25, 0.3) is 5.91 Å². The third-order valence-corrected chi connectivity index (χ3v) is 6.42. The van der Waals surface area contributed by atoms with Crippen LogP contribution in [0.1, 0.15) is 31.4 Å². The van der Waals surface area contributed by atoms with E-state index in [0.717, 1.165) is 47.1 Å². The topological polar surface area (TPSA) is 69.7 Å². The summed E-state index contributed by atoms with van der Waals surface area (Å²) < 4.78 is 28.7. The van der Waals surface area contributed by atoms with Crippen molar-refractivity contribution in [3.05, 3.63) is 47.5 Å². The van der Waals surface area contributed by atoms with Gasteiger partial charge in [-0.25, -0.2) is 0 Å². The van der Waals surface area contributed by atoms with Gasteiger partial charge in [-0.05, 0) is 35.7 Å². The van der Waals surface area contributed by atoms with Crippen LogP contribution < -0.4 is 18.9 Å². The third-order valence-electron chi connectivity index (χ3n) is 6.42. The molecule has 1 unspecified atom stereocenters. The number of carbonyl (C=O) groups excluding carboxylic acids is 1. The lowest BCUT2D eigenvalue weighted by Crippen LogP contribution is -2.51. The van der Waals surface area contributed by atoms with Gasteiger partial charge in [0.2, 0.25) is 0 Å². The number of ether oxygens (including phenoxy) is 5. The van der Waals surface area contributed by atoms with E-state index in [1.165, 1.54) is 0 Å². The Balaban J connectivity index is 1.47. The van der Waals surface area contributed by atoms with Gasteiger partial charge in [-0.2, -0.15) is 0 Å². The number of morpholine rings is 1. The van der Waals surface area contributed by atoms with Crippen LogP contribution in [0, 0.1) is 5.92 Å². The van der Waals surface area contributed by atoms with Crippen molar-refractivity contribution < 1.29 is 28.5 Å². The van der Waals surface area contributed by atoms with Crippen LogP contribution >= 0.6 is 0 Å². The van der Waals surface area contributed by atoms with E-state index in [2.05, 4.69) is 18.7 Å². The van der Waals surface area contributed by atoms with Crippen LogP contribution in [-0.4, -0.2) is 75.5 Å². The summed E-state index contributed by atoms with van der Waals surface area (Å²) in [6.45, 7) is 9.02. The molecule has 0 spiro atoms. The second-order valence-electron chi connectivity index (χ2n) is 9.68. The summed E-state index contributed by atoms with van der Waals surface area (Å²) in [5, 5.41) is 0. The molecule has 0 aliphatic carbocycles. The van der Waals surface area contributed by atoms with E-state index in [-0.39, 0.29) is 5.91 Å². The maximum Gasteiger partial charge on any atom is 0.253 e. The second kappa shape index (κ2) is 12.3. The van der Waals surface area contributed by atoms with Gasteiger partial charge in [-0.3, -0.25) is 9.69 Å². The molecule has 1 amide bonds.